The Labute approximate surface area is 177 Å². The van der Waals surface area contributed by atoms with E-state index in [9.17, 15) is 24.6 Å². The number of nitrogens with one attached hydrogen (secondary N) is 1. The molecule has 1 saturated carbocycles. The van der Waals surface area contributed by atoms with Gasteiger partial charge in [-0.3, -0.25) is 19.1 Å². The summed E-state index contributed by atoms with van der Waals surface area (Å²) < 4.78 is 6.80. The van der Waals surface area contributed by atoms with Crippen LogP contribution in [0.3, 0.4) is 0 Å². The van der Waals surface area contributed by atoms with Gasteiger partial charge in [-0.25, -0.2) is 4.79 Å². The van der Waals surface area contributed by atoms with Gasteiger partial charge in [-0.2, -0.15) is 0 Å². The number of aromatic nitrogens is 2. The van der Waals surface area contributed by atoms with Gasteiger partial charge in [0.15, 0.2) is 0 Å². The molecular formula is C20H29BrN2O6. The molecule has 29 heavy (non-hydrogen) atoms. The Morgan fingerprint density at radius 1 is 1.34 bits per heavy atom. The molecule has 1 aliphatic carbocycles. The maximum absolute atomic E-state index is 12.4. The number of aliphatic hydroxyl groups is 2. The van der Waals surface area contributed by atoms with Crippen LogP contribution in [0.15, 0.2) is 20.8 Å². The highest BCUT2D eigenvalue weighted by atomic mass is 79.9. The summed E-state index contributed by atoms with van der Waals surface area (Å²) in [4.78, 5) is 40.3. The number of hydrogen-bond acceptors (Lipinski definition) is 6. The first-order chi connectivity index (χ1) is 13.9. The van der Waals surface area contributed by atoms with Crippen molar-refractivity contribution in [2.45, 2.75) is 70.1 Å². The average Bonchev–Trinajstić information content (AvgIpc) is 2.99. The number of rotatable bonds is 10. The highest BCUT2D eigenvalue weighted by molar-refractivity contribution is 9.11. The lowest BCUT2D eigenvalue weighted by Gasteiger charge is -2.24. The van der Waals surface area contributed by atoms with E-state index in [0.29, 0.717) is 6.42 Å². The van der Waals surface area contributed by atoms with Crippen LogP contribution in [0.5, 0.6) is 0 Å². The van der Waals surface area contributed by atoms with Crippen molar-refractivity contribution in [2.24, 2.45) is 5.92 Å². The van der Waals surface area contributed by atoms with E-state index in [4.69, 9.17) is 4.74 Å². The molecule has 1 aromatic heterocycles. The van der Waals surface area contributed by atoms with Gasteiger partial charge in [-0.1, -0.05) is 48.5 Å². The predicted octanol–water partition coefficient (Wildman–Crippen LogP) is 2.09. The topological polar surface area (TPSA) is 122 Å². The molecule has 4 atom stereocenters. The zero-order valence-corrected chi connectivity index (χ0v) is 18.1. The maximum atomic E-state index is 12.4. The van der Waals surface area contributed by atoms with Gasteiger partial charge in [0.05, 0.1) is 17.7 Å². The Balaban J connectivity index is 2.19. The van der Waals surface area contributed by atoms with Crippen LogP contribution in [0.1, 0.15) is 63.5 Å². The number of aliphatic hydroxyl groups excluding tert-OH is 2. The first kappa shape index (κ1) is 23.6. The van der Waals surface area contributed by atoms with Crippen LogP contribution in [0.25, 0.3) is 6.08 Å². The molecular weight excluding hydrogens is 444 g/mol. The van der Waals surface area contributed by atoms with Gasteiger partial charge < -0.3 is 14.9 Å². The predicted molar refractivity (Wildman–Crippen MR) is 113 cm³/mol. The van der Waals surface area contributed by atoms with Crippen LogP contribution >= 0.6 is 15.9 Å². The first-order valence-corrected chi connectivity index (χ1v) is 10.9. The van der Waals surface area contributed by atoms with Gasteiger partial charge in [0, 0.05) is 25.1 Å². The molecule has 0 aromatic carbocycles. The molecule has 0 aliphatic heterocycles. The van der Waals surface area contributed by atoms with E-state index in [0.717, 1.165) is 25.7 Å². The van der Waals surface area contributed by atoms with Crippen LogP contribution in [-0.2, 0) is 9.53 Å². The molecule has 3 N–H and O–H groups in total. The third kappa shape index (κ3) is 6.13. The van der Waals surface area contributed by atoms with Crippen molar-refractivity contribution in [3.05, 3.63) is 37.6 Å². The fourth-order valence-corrected chi connectivity index (χ4v) is 3.98. The number of carbonyl (C=O) groups is 1. The Bertz CT molecular complexity index is 818. The molecule has 1 fully saturated rings. The van der Waals surface area contributed by atoms with Gasteiger partial charge in [0.2, 0.25) is 0 Å². The van der Waals surface area contributed by atoms with Crippen molar-refractivity contribution in [2.75, 3.05) is 6.61 Å². The minimum Gasteiger partial charge on any atom is -0.457 e. The highest BCUT2D eigenvalue weighted by Crippen LogP contribution is 2.36. The molecule has 1 aromatic rings. The third-order valence-corrected chi connectivity index (χ3v) is 5.59. The minimum atomic E-state index is -1.09. The second kappa shape index (κ2) is 11.5. The average molecular weight is 473 g/mol. The molecule has 0 amide bonds. The van der Waals surface area contributed by atoms with E-state index in [2.05, 4.69) is 27.8 Å². The summed E-state index contributed by atoms with van der Waals surface area (Å²) in [6.07, 6.45) is 6.21. The number of unbranched alkanes of at least 4 members (excludes halogenated alkanes) is 4. The minimum absolute atomic E-state index is 0.238. The Hall–Kier alpha value is -1.71. The molecule has 0 saturated heterocycles. The lowest BCUT2D eigenvalue weighted by Crippen LogP contribution is -2.40. The van der Waals surface area contributed by atoms with E-state index in [1.807, 2.05) is 0 Å². The summed E-state index contributed by atoms with van der Waals surface area (Å²) >= 11 is 3.10. The lowest BCUT2D eigenvalue weighted by molar-refractivity contribution is -0.156. The van der Waals surface area contributed by atoms with Crippen molar-refractivity contribution in [3.63, 3.8) is 0 Å². The fraction of sp³-hybridized carbons (Fsp3) is 0.650. The zero-order valence-electron chi connectivity index (χ0n) is 16.6. The van der Waals surface area contributed by atoms with Crippen LogP contribution in [0.4, 0.5) is 0 Å². The normalized spacial score (nSPS) is 24.3. The molecule has 8 nitrogen and oxygen atoms in total. The Kier molecular flexibility index (Phi) is 9.32. The number of carbonyl (C=O) groups excluding carboxylic acids is 1. The molecule has 0 unspecified atom stereocenters. The fourth-order valence-electron chi connectivity index (χ4n) is 3.70. The molecule has 0 radical (unpaired) electrons. The number of ether oxygens (including phenoxy) is 1. The highest BCUT2D eigenvalue weighted by Gasteiger charge is 2.46. The second-order valence-electron chi connectivity index (χ2n) is 7.40. The summed E-state index contributed by atoms with van der Waals surface area (Å²) in [5, 5.41) is 20.1. The molecule has 0 spiro atoms. The SMILES string of the molecule is CCCCCCCC(=O)O[C@H]1[C@H](O)[C@@H](CO)C[C@H]1n1cc(/C=C/Br)c(=O)[nH]c1=O. The van der Waals surface area contributed by atoms with E-state index in [1.54, 1.807) is 0 Å². The Morgan fingerprint density at radius 3 is 2.72 bits per heavy atom. The standard InChI is InChI=1S/C20H29BrN2O6/c1-2-3-4-5-6-7-16(25)29-18-15(10-14(12-24)17(18)26)23-11-13(8-9-21)19(27)22-20(23)28/h8-9,11,14-15,17-18,24,26H,2-7,10,12H2,1H3,(H,22,27,28)/b9-8+/t14-,15-,17-,18-/m1/s1. The van der Waals surface area contributed by atoms with Crippen molar-refractivity contribution in [1.29, 1.82) is 0 Å². The van der Waals surface area contributed by atoms with Crippen LogP contribution < -0.4 is 11.2 Å². The van der Waals surface area contributed by atoms with Crippen molar-refractivity contribution < 1.29 is 19.7 Å². The van der Waals surface area contributed by atoms with Gasteiger partial charge >= 0.3 is 11.7 Å². The first-order valence-electron chi connectivity index (χ1n) is 10.0. The van der Waals surface area contributed by atoms with Gasteiger partial charge in [0.25, 0.3) is 5.56 Å². The van der Waals surface area contributed by atoms with Gasteiger partial charge in [-0.15, -0.1) is 0 Å². The zero-order chi connectivity index (χ0) is 21.4. The summed E-state index contributed by atoms with van der Waals surface area (Å²) in [6, 6.07) is -0.682. The number of esters is 1. The molecule has 162 valence electrons. The molecule has 0 bridgehead atoms. The molecule has 1 aliphatic rings. The van der Waals surface area contributed by atoms with Crippen LogP contribution in [-0.4, -0.2) is 44.5 Å². The second-order valence-corrected chi connectivity index (χ2v) is 7.93. The van der Waals surface area contributed by atoms with E-state index >= 15 is 0 Å². The number of aromatic amines is 1. The summed E-state index contributed by atoms with van der Waals surface area (Å²) in [5.41, 5.74) is -0.956. The number of halogens is 1. The lowest BCUT2D eigenvalue weighted by atomic mass is 10.1. The summed E-state index contributed by atoms with van der Waals surface area (Å²) in [6.45, 7) is 1.82. The largest absolute Gasteiger partial charge is 0.457 e. The van der Waals surface area contributed by atoms with Crippen LogP contribution in [0, 0.1) is 5.92 Å². The summed E-state index contributed by atoms with van der Waals surface area (Å²) in [5.74, 6) is -0.969. The van der Waals surface area contributed by atoms with Crippen molar-refractivity contribution in [3.8, 4) is 0 Å². The molecule has 9 heteroatoms. The third-order valence-electron chi connectivity index (χ3n) is 5.32. The number of H-pyrrole nitrogens is 1. The maximum Gasteiger partial charge on any atom is 0.328 e. The number of nitrogens with zero attached hydrogens (tertiary/aromatic N) is 1. The summed E-state index contributed by atoms with van der Waals surface area (Å²) in [7, 11) is 0. The molecule has 1 heterocycles. The van der Waals surface area contributed by atoms with E-state index < -0.39 is 41.4 Å². The van der Waals surface area contributed by atoms with Gasteiger partial charge in [0.1, 0.15) is 6.10 Å². The van der Waals surface area contributed by atoms with Crippen LogP contribution in [0.2, 0.25) is 0 Å². The van der Waals surface area contributed by atoms with E-state index in [-0.39, 0.29) is 25.0 Å². The molecule has 2 rings (SSSR count). The monoisotopic (exact) mass is 472 g/mol. The van der Waals surface area contributed by atoms with Crippen molar-refractivity contribution >= 4 is 28.0 Å². The smallest absolute Gasteiger partial charge is 0.328 e. The van der Waals surface area contributed by atoms with Crippen molar-refractivity contribution in [1.82, 2.24) is 9.55 Å². The Morgan fingerprint density at radius 2 is 2.07 bits per heavy atom. The van der Waals surface area contributed by atoms with Gasteiger partial charge in [-0.05, 0) is 23.9 Å². The van der Waals surface area contributed by atoms with E-state index in [1.165, 1.54) is 21.8 Å². The number of hydrogen-bond donors (Lipinski definition) is 3. The quantitative estimate of drug-likeness (QED) is 0.354.